The maximum atomic E-state index is 12.7. The smallest absolute Gasteiger partial charge is 0.237 e. The van der Waals surface area contributed by atoms with Crippen molar-refractivity contribution in [1.29, 1.82) is 0 Å². The third-order valence-electron chi connectivity index (χ3n) is 5.22. The minimum Gasteiger partial charge on any atom is -0.336 e. The van der Waals surface area contributed by atoms with Crippen molar-refractivity contribution >= 4 is 5.91 Å². The lowest BCUT2D eigenvalue weighted by Crippen LogP contribution is -2.51. The zero-order valence-corrected chi connectivity index (χ0v) is 12.9. The summed E-state index contributed by atoms with van der Waals surface area (Å²) in [6.07, 6.45) is 7.60. The molecule has 3 aliphatic rings. The molecule has 1 amide bonds. The molecule has 4 heteroatoms. The van der Waals surface area contributed by atoms with E-state index in [9.17, 15) is 4.79 Å². The van der Waals surface area contributed by atoms with Crippen LogP contribution in [0, 0.1) is 0 Å². The molecule has 0 N–H and O–H groups in total. The van der Waals surface area contributed by atoms with E-state index in [2.05, 4.69) is 21.6 Å². The second-order valence-electron chi connectivity index (χ2n) is 6.68. The molecule has 0 aromatic heterocycles. The first-order valence-electron chi connectivity index (χ1n) is 8.54. The van der Waals surface area contributed by atoms with E-state index in [0.29, 0.717) is 24.5 Å². The third kappa shape index (κ3) is 3.34. The van der Waals surface area contributed by atoms with E-state index in [1.807, 2.05) is 0 Å². The molecular formula is C16H29N3O. The largest absolute Gasteiger partial charge is 0.336 e. The molecule has 3 rings (SSSR count). The molecule has 0 aromatic rings. The van der Waals surface area contributed by atoms with Crippen molar-refractivity contribution < 1.29 is 4.79 Å². The summed E-state index contributed by atoms with van der Waals surface area (Å²) in [5.74, 6) is 0.407. The van der Waals surface area contributed by atoms with Gasteiger partial charge < -0.3 is 9.80 Å². The topological polar surface area (TPSA) is 26.8 Å². The monoisotopic (exact) mass is 279 g/mol. The second-order valence-corrected chi connectivity index (χ2v) is 6.68. The number of hydrogen-bond donors (Lipinski definition) is 0. The molecule has 0 bridgehead atoms. The highest BCUT2D eigenvalue weighted by Crippen LogP contribution is 2.34. The van der Waals surface area contributed by atoms with Gasteiger partial charge in [-0.05, 0) is 32.2 Å². The zero-order chi connectivity index (χ0) is 13.9. The minimum atomic E-state index is 0.407. The fourth-order valence-electron chi connectivity index (χ4n) is 3.78. The van der Waals surface area contributed by atoms with Crippen LogP contribution in [0.1, 0.15) is 45.4 Å². The number of piperazine rings is 1. The summed E-state index contributed by atoms with van der Waals surface area (Å²) in [6.45, 7) is 8.37. The molecule has 0 atom stereocenters. The van der Waals surface area contributed by atoms with Crippen LogP contribution in [0.25, 0.3) is 0 Å². The van der Waals surface area contributed by atoms with E-state index in [-0.39, 0.29) is 0 Å². The lowest BCUT2D eigenvalue weighted by molar-refractivity contribution is -0.135. The Hall–Kier alpha value is -0.610. The fraction of sp³-hybridized carbons (Fsp3) is 0.938. The Morgan fingerprint density at radius 2 is 1.50 bits per heavy atom. The van der Waals surface area contributed by atoms with Crippen molar-refractivity contribution in [2.24, 2.45) is 0 Å². The molecule has 1 aliphatic heterocycles. The quantitative estimate of drug-likeness (QED) is 0.764. The van der Waals surface area contributed by atoms with Gasteiger partial charge in [0.25, 0.3) is 0 Å². The van der Waals surface area contributed by atoms with Crippen LogP contribution in [-0.4, -0.2) is 72.0 Å². The molecule has 3 fully saturated rings. The Morgan fingerprint density at radius 1 is 0.950 bits per heavy atom. The SMILES string of the molecule is CCN1CCN(CC(=O)N(C2CCCC2)C2CC2)CC1. The van der Waals surface area contributed by atoms with Crippen molar-refractivity contribution in [2.45, 2.75) is 57.5 Å². The molecule has 4 nitrogen and oxygen atoms in total. The van der Waals surface area contributed by atoms with E-state index in [0.717, 1.165) is 32.7 Å². The molecular weight excluding hydrogens is 250 g/mol. The Morgan fingerprint density at radius 3 is 2.05 bits per heavy atom. The van der Waals surface area contributed by atoms with Gasteiger partial charge in [0, 0.05) is 38.3 Å². The Balaban J connectivity index is 1.52. The predicted octanol–water partition coefficient (Wildman–Crippen LogP) is 1.56. The van der Waals surface area contributed by atoms with Gasteiger partial charge >= 0.3 is 0 Å². The van der Waals surface area contributed by atoms with Gasteiger partial charge in [0.1, 0.15) is 0 Å². The minimum absolute atomic E-state index is 0.407. The van der Waals surface area contributed by atoms with Crippen molar-refractivity contribution in [3.05, 3.63) is 0 Å². The molecule has 0 aromatic carbocycles. The van der Waals surface area contributed by atoms with Crippen LogP contribution in [0.15, 0.2) is 0 Å². The highest BCUT2D eigenvalue weighted by molar-refractivity contribution is 5.79. The Labute approximate surface area is 123 Å². The number of likely N-dealkylation sites (N-methyl/N-ethyl adjacent to an activating group) is 1. The summed E-state index contributed by atoms with van der Waals surface area (Å²) in [5.41, 5.74) is 0. The number of amides is 1. The van der Waals surface area contributed by atoms with E-state index in [1.54, 1.807) is 0 Å². The standard InChI is InChI=1S/C16H29N3O/c1-2-17-9-11-18(12-10-17)13-16(20)19(15-7-8-15)14-5-3-4-6-14/h14-15H,2-13H2,1H3. The molecule has 0 spiro atoms. The van der Waals surface area contributed by atoms with Crippen LogP contribution < -0.4 is 0 Å². The second kappa shape index (κ2) is 6.44. The lowest BCUT2D eigenvalue weighted by atomic mass is 10.2. The highest BCUT2D eigenvalue weighted by Gasteiger charge is 2.38. The van der Waals surface area contributed by atoms with Crippen LogP contribution in [0.4, 0.5) is 0 Å². The zero-order valence-electron chi connectivity index (χ0n) is 12.9. The average Bonchev–Trinajstić information content (AvgIpc) is 3.14. The van der Waals surface area contributed by atoms with Gasteiger partial charge in [0.15, 0.2) is 0 Å². The van der Waals surface area contributed by atoms with Crippen LogP contribution >= 0.6 is 0 Å². The Kier molecular flexibility index (Phi) is 4.61. The van der Waals surface area contributed by atoms with Crippen LogP contribution in [0.5, 0.6) is 0 Å². The summed E-state index contributed by atoms with van der Waals surface area (Å²) in [4.78, 5) is 19.8. The van der Waals surface area contributed by atoms with Crippen molar-refractivity contribution in [1.82, 2.24) is 14.7 Å². The first-order chi connectivity index (χ1) is 9.78. The van der Waals surface area contributed by atoms with Crippen molar-refractivity contribution in [3.8, 4) is 0 Å². The van der Waals surface area contributed by atoms with Crippen LogP contribution in [-0.2, 0) is 4.79 Å². The van der Waals surface area contributed by atoms with Gasteiger partial charge in [-0.2, -0.15) is 0 Å². The summed E-state index contributed by atoms with van der Waals surface area (Å²) >= 11 is 0. The molecule has 2 aliphatic carbocycles. The van der Waals surface area contributed by atoms with Gasteiger partial charge in [-0.25, -0.2) is 0 Å². The number of carbonyl (C=O) groups is 1. The highest BCUT2D eigenvalue weighted by atomic mass is 16.2. The predicted molar refractivity (Wildman–Crippen MR) is 80.7 cm³/mol. The first kappa shape index (κ1) is 14.3. The summed E-state index contributed by atoms with van der Waals surface area (Å²) < 4.78 is 0. The molecule has 0 radical (unpaired) electrons. The van der Waals surface area contributed by atoms with Crippen LogP contribution in [0.3, 0.4) is 0 Å². The summed E-state index contributed by atoms with van der Waals surface area (Å²) in [5, 5.41) is 0. The molecule has 1 heterocycles. The van der Waals surface area contributed by atoms with E-state index in [1.165, 1.54) is 38.5 Å². The third-order valence-corrected chi connectivity index (χ3v) is 5.22. The van der Waals surface area contributed by atoms with Gasteiger partial charge in [-0.3, -0.25) is 9.69 Å². The van der Waals surface area contributed by atoms with E-state index < -0.39 is 0 Å². The number of carbonyl (C=O) groups excluding carboxylic acids is 1. The average molecular weight is 279 g/mol. The van der Waals surface area contributed by atoms with Crippen molar-refractivity contribution in [3.63, 3.8) is 0 Å². The number of rotatable bonds is 5. The van der Waals surface area contributed by atoms with Gasteiger partial charge in [-0.15, -0.1) is 0 Å². The Bertz CT molecular complexity index is 329. The summed E-state index contributed by atoms with van der Waals surface area (Å²) in [7, 11) is 0. The lowest BCUT2D eigenvalue weighted by Gasteiger charge is -2.36. The molecule has 1 saturated heterocycles. The maximum Gasteiger partial charge on any atom is 0.237 e. The number of hydrogen-bond acceptors (Lipinski definition) is 3. The first-order valence-corrected chi connectivity index (χ1v) is 8.54. The summed E-state index contributed by atoms with van der Waals surface area (Å²) in [6, 6.07) is 1.15. The van der Waals surface area contributed by atoms with Crippen LogP contribution in [0.2, 0.25) is 0 Å². The number of nitrogens with zero attached hydrogens (tertiary/aromatic N) is 3. The molecule has 2 saturated carbocycles. The fourth-order valence-corrected chi connectivity index (χ4v) is 3.78. The molecule has 114 valence electrons. The van der Waals surface area contributed by atoms with Crippen molar-refractivity contribution in [2.75, 3.05) is 39.3 Å². The normalized spacial score (nSPS) is 26.1. The molecule has 20 heavy (non-hydrogen) atoms. The maximum absolute atomic E-state index is 12.7. The van der Waals surface area contributed by atoms with Gasteiger partial charge in [-0.1, -0.05) is 19.8 Å². The molecule has 0 unspecified atom stereocenters. The van der Waals surface area contributed by atoms with E-state index >= 15 is 0 Å². The van der Waals surface area contributed by atoms with Gasteiger partial charge in [0.05, 0.1) is 6.54 Å². The van der Waals surface area contributed by atoms with Gasteiger partial charge in [0.2, 0.25) is 5.91 Å². The van der Waals surface area contributed by atoms with E-state index in [4.69, 9.17) is 0 Å².